The van der Waals surface area contributed by atoms with E-state index >= 15 is 0 Å². The lowest BCUT2D eigenvalue weighted by molar-refractivity contribution is 0.180. The van der Waals surface area contributed by atoms with Crippen LogP contribution in [0.2, 0.25) is 0 Å². The molecule has 0 aliphatic carbocycles. The Kier molecular flexibility index (Phi) is 7.59. The molecule has 124 valence electrons. The molecule has 3 rings (SSSR count). The van der Waals surface area contributed by atoms with Gasteiger partial charge in [-0.3, -0.25) is 4.90 Å². The van der Waals surface area contributed by atoms with Gasteiger partial charge in [-0.2, -0.15) is 0 Å². The van der Waals surface area contributed by atoms with Crippen molar-refractivity contribution in [1.29, 1.82) is 0 Å². The predicted molar refractivity (Wildman–Crippen MR) is 87.9 cm³/mol. The first-order valence-electron chi connectivity index (χ1n) is 8.05. The van der Waals surface area contributed by atoms with E-state index in [1.165, 1.54) is 6.07 Å². The minimum atomic E-state index is -0.121. The summed E-state index contributed by atoms with van der Waals surface area (Å²) >= 11 is 0. The van der Waals surface area contributed by atoms with Crippen LogP contribution < -0.4 is 15.5 Å². The number of aliphatic hydroxyl groups is 1. The molecule has 2 aliphatic heterocycles. The summed E-state index contributed by atoms with van der Waals surface area (Å²) in [6, 6.07) is 6.94. The molecule has 2 aliphatic rings. The van der Waals surface area contributed by atoms with Gasteiger partial charge in [-0.25, -0.2) is 4.39 Å². The van der Waals surface area contributed by atoms with Gasteiger partial charge in [0.25, 0.3) is 0 Å². The van der Waals surface area contributed by atoms with Gasteiger partial charge in [0, 0.05) is 58.9 Å². The fourth-order valence-electron chi connectivity index (χ4n) is 2.69. The molecule has 2 saturated heterocycles. The second-order valence-corrected chi connectivity index (χ2v) is 5.50. The van der Waals surface area contributed by atoms with Gasteiger partial charge in [0.2, 0.25) is 0 Å². The highest BCUT2D eigenvalue weighted by Crippen LogP contribution is 2.18. The average Bonchev–Trinajstić information content (AvgIpc) is 2.58. The van der Waals surface area contributed by atoms with E-state index in [2.05, 4.69) is 20.4 Å². The fourth-order valence-corrected chi connectivity index (χ4v) is 2.69. The van der Waals surface area contributed by atoms with Crippen LogP contribution in [0.15, 0.2) is 24.3 Å². The van der Waals surface area contributed by atoms with Crippen molar-refractivity contribution < 1.29 is 9.50 Å². The van der Waals surface area contributed by atoms with Gasteiger partial charge in [0.1, 0.15) is 5.82 Å². The normalized spacial score (nSPS) is 19.5. The summed E-state index contributed by atoms with van der Waals surface area (Å²) in [5, 5.41) is 15.0. The molecule has 2 fully saturated rings. The third kappa shape index (κ3) is 5.53. The maximum atomic E-state index is 13.3. The molecule has 22 heavy (non-hydrogen) atoms. The largest absolute Gasteiger partial charge is 0.395 e. The molecule has 1 aromatic carbocycles. The summed E-state index contributed by atoms with van der Waals surface area (Å²) in [5.74, 6) is -0.121. The Balaban J connectivity index is 0.000000172. The maximum absolute atomic E-state index is 13.3. The summed E-state index contributed by atoms with van der Waals surface area (Å²) in [6.07, 6.45) is 0. The van der Waals surface area contributed by atoms with Crippen LogP contribution in [0.3, 0.4) is 0 Å². The second kappa shape index (κ2) is 9.74. The van der Waals surface area contributed by atoms with Gasteiger partial charge in [0.15, 0.2) is 0 Å². The molecule has 0 radical (unpaired) electrons. The predicted octanol–water partition coefficient (Wildman–Crippen LogP) is 0.119. The van der Waals surface area contributed by atoms with Crippen molar-refractivity contribution in [3.8, 4) is 0 Å². The highest BCUT2D eigenvalue weighted by molar-refractivity contribution is 5.47. The Morgan fingerprint density at radius 1 is 0.955 bits per heavy atom. The average molecular weight is 310 g/mol. The zero-order valence-corrected chi connectivity index (χ0v) is 13.1. The van der Waals surface area contributed by atoms with E-state index in [1.54, 1.807) is 6.07 Å². The topological polar surface area (TPSA) is 50.8 Å². The molecule has 3 N–H and O–H groups in total. The molecule has 1 aromatic rings. The van der Waals surface area contributed by atoms with Gasteiger partial charge in [-0.1, -0.05) is 12.1 Å². The van der Waals surface area contributed by atoms with Crippen LogP contribution in [-0.2, 0) is 0 Å². The van der Waals surface area contributed by atoms with Gasteiger partial charge < -0.3 is 20.6 Å². The van der Waals surface area contributed by atoms with E-state index < -0.39 is 0 Å². The minimum Gasteiger partial charge on any atom is -0.395 e. The number of halogens is 1. The van der Waals surface area contributed by atoms with E-state index in [0.717, 1.165) is 64.6 Å². The molecular weight excluding hydrogens is 283 g/mol. The molecule has 0 unspecified atom stereocenters. The van der Waals surface area contributed by atoms with Crippen LogP contribution in [0.5, 0.6) is 0 Å². The molecule has 6 heteroatoms. The van der Waals surface area contributed by atoms with Crippen molar-refractivity contribution in [2.75, 3.05) is 70.4 Å². The van der Waals surface area contributed by atoms with Crippen molar-refractivity contribution in [3.63, 3.8) is 0 Å². The number of benzene rings is 1. The smallest absolute Gasteiger partial charge is 0.146 e. The van der Waals surface area contributed by atoms with E-state index in [1.807, 2.05) is 12.1 Å². The number of hydrogen-bond acceptors (Lipinski definition) is 5. The number of para-hydroxylation sites is 1. The molecule has 0 saturated carbocycles. The number of β-amino-alcohol motifs (C(OH)–C–C–N with tert-alkyl or cyclic N) is 1. The Morgan fingerprint density at radius 2 is 1.55 bits per heavy atom. The van der Waals surface area contributed by atoms with Crippen LogP contribution in [0, 0.1) is 5.82 Å². The molecule has 0 atom stereocenters. The van der Waals surface area contributed by atoms with Crippen molar-refractivity contribution in [2.24, 2.45) is 0 Å². The first-order chi connectivity index (χ1) is 10.8. The van der Waals surface area contributed by atoms with Crippen LogP contribution >= 0.6 is 0 Å². The maximum Gasteiger partial charge on any atom is 0.146 e. The number of piperazine rings is 2. The van der Waals surface area contributed by atoms with Crippen molar-refractivity contribution in [2.45, 2.75) is 0 Å². The van der Waals surface area contributed by atoms with E-state index in [-0.39, 0.29) is 5.82 Å². The van der Waals surface area contributed by atoms with Crippen LogP contribution in [0.1, 0.15) is 0 Å². The number of anilines is 1. The molecule has 0 amide bonds. The lowest BCUT2D eigenvalue weighted by Crippen LogP contribution is -2.44. The quantitative estimate of drug-likeness (QED) is 0.740. The molecule has 0 aromatic heterocycles. The van der Waals surface area contributed by atoms with Crippen LogP contribution in [0.4, 0.5) is 10.1 Å². The fraction of sp³-hybridized carbons (Fsp3) is 0.625. The van der Waals surface area contributed by atoms with Crippen molar-refractivity contribution >= 4 is 5.69 Å². The molecule has 2 heterocycles. The van der Waals surface area contributed by atoms with Crippen LogP contribution in [-0.4, -0.2) is 75.5 Å². The Hall–Kier alpha value is -1.21. The Morgan fingerprint density at radius 3 is 2.14 bits per heavy atom. The van der Waals surface area contributed by atoms with Crippen LogP contribution in [0.25, 0.3) is 0 Å². The zero-order chi connectivity index (χ0) is 15.6. The number of nitrogens with one attached hydrogen (secondary N) is 2. The molecular formula is C16H27FN4O. The second-order valence-electron chi connectivity index (χ2n) is 5.50. The first kappa shape index (κ1) is 17.1. The summed E-state index contributed by atoms with van der Waals surface area (Å²) < 4.78 is 13.3. The number of nitrogens with zero attached hydrogens (tertiary/aromatic N) is 2. The highest BCUT2D eigenvalue weighted by atomic mass is 19.1. The lowest BCUT2D eigenvalue weighted by atomic mass is 10.2. The first-order valence-corrected chi connectivity index (χ1v) is 8.05. The lowest BCUT2D eigenvalue weighted by Gasteiger charge is -2.29. The summed E-state index contributed by atoms with van der Waals surface area (Å²) in [6.45, 7) is 9.09. The standard InChI is InChI=1S/C10H13FN2.C6H14N2O/c11-9-3-1-2-4-10(9)13-7-5-12-6-8-13;9-6-5-8-3-1-7-2-4-8/h1-4,12H,5-8H2;7,9H,1-6H2. The Labute approximate surface area is 132 Å². The van der Waals surface area contributed by atoms with Gasteiger partial charge in [-0.05, 0) is 12.1 Å². The van der Waals surface area contributed by atoms with E-state index in [9.17, 15) is 4.39 Å². The third-order valence-electron chi connectivity index (χ3n) is 3.94. The molecule has 0 spiro atoms. The van der Waals surface area contributed by atoms with Crippen molar-refractivity contribution in [3.05, 3.63) is 30.1 Å². The van der Waals surface area contributed by atoms with Gasteiger partial charge >= 0.3 is 0 Å². The summed E-state index contributed by atoms with van der Waals surface area (Å²) in [7, 11) is 0. The number of aliphatic hydroxyl groups excluding tert-OH is 1. The van der Waals surface area contributed by atoms with Gasteiger partial charge in [0.05, 0.1) is 12.3 Å². The van der Waals surface area contributed by atoms with E-state index in [0.29, 0.717) is 6.61 Å². The summed E-state index contributed by atoms with van der Waals surface area (Å²) in [4.78, 5) is 4.34. The summed E-state index contributed by atoms with van der Waals surface area (Å²) in [5.41, 5.74) is 0.726. The number of rotatable bonds is 3. The Bertz CT molecular complexity index is 418. The third-order valence-corrected chi connectivity index (χ3v) is 3.94. The SMILES string of the molecule is Fc1ccccc1N1CCNCC1.OCCN1CCNCC1. The molecule has 5 nitrogen and oxygen atoms in total. The number of hydrogen-bond donors (Lipinski definition) is 3. The van der Waals surface area contributed by atoms with E-state index in [4.69, 9.17) is 5.11 Å². The zero-order valence-electron chi connectivity index (χ0n) is 13.1. The molecule has 0 bridgehead atoms. The van der Waals surface area contributed by atoms with Gasteiger partial charge in [-0.15, -0.1) is 0 Å². The van der Waals surface area contributed by atoms with Crippen molar-refractivity contribution in [1.82, 2.24) is 15.5 Å². The highest BCUT2D eigenvalue weighted by Gasteiger charge is 2.12. The minimum absolute atomic E-state index is 0.121. The monoisotopic (exact) mass is 310 g/mol.